The average Bonchev–Trinajstić information content (AvgIpc) is 2.88. The van der Waals surface area contributed by atoms with E-state index in [0.29, 0.717) is 16.1 Å². The number of aromatic nitrogens is 2. The van der Waals surface area contributed by atoms with Crippen molar-refractivity contribution in [1.29, 1.82) is 0 Å². The molecule has 3 aromatic rings. The molecule has 5 heteroatoms. The lowest BCUT2D eigenvalue weighted by Gasteiger charge is -2.13. The summed E-state index contributed by atoms with van der Waals surface area (Å²) >= 11 is 3.39. The van der Waals surface area contributed by atoms with Gasteiger partial charge in [-0.15, -0.1) is 0 Å². The first-order valence-corrected chi connectivity index (χ1v) is 8.32. The lowest BCUT2D eigenvalue weighted by molar-refractivity contribution is 0.372. The van der Waals surface area contributed by atoms with Gasteiger partial charge in [0, 0.05) is 12.1 Å². The molecule has 0 aliphatic carbocycles. The van der Waals surface area contributed by atoms with Gasteiger partial charge < -0.3 is 14.4 Å². The molecule has 0 fully saturated rings. The smallest absolute Gasteiger partial charge is 0.172 e. The third-order valence-electron chi connectivity index (χ3n) is 3.71. The number of phenolic OH excluding ortho intramolecular Hbond substituents is 1. The summed E-state index contributed by atoms with van der Waals surface area (Å²) in [6.45, 7) is 5.24. The molecular weight excluding hydrogens is 356 g/mol. The van der Waals surface area contributed by atoms with Gasteiger partial charge >= 0.3 is 0 Å². The molecule has 0 aliphatic heterocycles. The highest BCUT2D eigenvalue weighted by Crippen LogP contribution is 2.39. The normalized spacial score (nSPS) is 11.3. The van der Waals surface area contributed by atoms with E-state index in [9.17, 15) is 5.11 Å². The van der Waals surface area contributed by atoms with E-state index in [-0.39, 0.29) is 5.75 Å². The molecule has 0 radical (unpaired) electrons. The Morgan fingerprint density at radius 2 is 2.00 bits per heavy atom. The maximum atomic E-state index is 10.0. The molecule has 3 rings (SSSR count). The zero-order chi connectivity index (χ0) is 16.6. The predicted molar refractivity (Wildman–Crippen MR) is 95.9 cm³/mol. The summed E-state index contributed by atoms with van der Waals surface area (Å²) in [5.41, 5.74) is 2.98. The van der Waals surface area contributed by atoms with Gasteiger partial charge in [-0.2, -0.15) is 0 Å². The van der Waals surface area contributed by atoms with Crippen LogP contribution in [0.15, 0.2) is 40.9 Å². The van der Waals surface area contributed by atoms with Gasteiger partial charge in [0.25, 0.3) is 0 Å². The Morgan fingerprint density at radius 3 is 2.70 bits per heavy atom. The number of phenols is 1. The molecule has 1 aromatic heterocycles. The number of fused-ring (bicyclic) bond motifs is 1. The number of halogens is 1. The van der Waals surface area contributed by atoms with Crippen LogP contribution in [0.3, 0.4) is 0 Å². The van der Waals surface area contributed by atoms with E-state index in [1.807, 2.05) is 30.3 Å². The van der Waals surface area contributed by atoms with Crippen LogP contribution in [-0.4, -0.2) is 21.8 Å². The van der Waals surface area contributed by atoms with Gasteiger partial charge in [0.1, 0.15) is 5.82 Å². The van der Waals surface area contributed by atoms with E-state index in [0.717, 1.165) is 29.0 Å². The minimum absolute atomic E-state index is 0.0998. The Labute approximate surface area is 143 Å². The molecule has 2 aromatic carbocycles. The van der Waals surface area contributed by atoms with Crippen LogP contribution in [0, 0.1) is 5.92 Å². The van der Waals surface area contributed by atoms with Gasteiger partial charge in [0.2, 0.25) is 0 Å². The van der Waals surface area contributed by atoms with Gasteiger partial charge in [0.05, 0.1) is 22.6 Å². The number of para-hydroxylation sites is 2. The summed E-state index contributed by atoms with van der Waals surface area (Å²) in [6.07, 6.45) is 0. The van der Waals surface area contributed by atoms with E-state index < -0.39 is 0 Å². The van der Waals surface area contributed by atoms with Crippen molar-refractivity contribution in [2.24, 2.45) is 5.92 Å². The standard InChI is InChI=1S/C18H19BrN2O2/c1-11(2)10-21-15-7-5-4-6-14(15)20-18(21)12-8-13(19)17(22)16(9-12)23-3/h4-9,11,22H,10H2,1-3H3. The molecule has 0 spiro atoms. The molecule has 0 bridgehead atoms. The van der Waals surface area contributed by atoms with Crippen LogP contribution in [0.25, 0.3) is 22.4 Å². The van der Waals surface area contributed by atoms with Crippen LogP contribution in [-0.2, 0) is 6.54 Å². The Hall–Kier alpha value is -2.01. The Morgan fingerprint density at radius 1 is 1.26 bits per heavy atom. The number of nitrogens with zero attached hydrogens (tertiary/aromatic N) is 2. The van der Waals surface area contributed by atoms with Crippen molar-refractivity contribution in [3.8, 4) is 22.9 Å². The van der Waals surface area contributed by atoms with Gasteiger partial charge in [-0.25, -0.2) is 4.98 Å². The molecule has 0 aliphatic rings. The van der Waals surface area contributed by atoms with Crippen LogP contribution in [0.5, 0.6) is 11.5 Å². The van der Waals surface area contributed by atoms with E-state index in [2.05, 4.69) is 40.4 Å². The molecule has 1 N–H and O–H groups in total. The number of rotatable bonds is 4. The molecule has 0 unspecified atom stereocenters. The first kappa shape index (κ1) is 15.9. The second-order valence-electron chi connectivity index (χ2n) is 5.94. The SMILES string of the molecule is COc1cc(-c2nc3ccccc3n2CC(C)C)cc(Br)c1O. The lowest BCUT2D eigenvalue weighted by Crippen LogP contribution is -2.06. The fourth-order valence-corrected chi connectivity index (χ4v) is 3.15. The molecule has 4 nitrogen and oxygen atoms in total. The molecule has 120 valence electrons. The third kappa shape index (κ3) is 2.93. The number of imidazole rings is 1. The largest absolute Gasteiger partial charge is 0.503 e. The van der Waals surface area contributed by atoms with Crippen molar-refractivity contribution in [2.45, 2.75) is 20.4 Å². The van der Waals surface area contributed by atoms with Gasteiger partial charge in [0.15, 0.2) is 11.5 Å². The van der Waals surface area contributed by atoms with Gasteiger partial charge in [-0.3, -0.25) is 0 Å². The Kier molecular flexibility index (Phi) is 4.31. The van der Waals surface area contributed by atoms with E-state index >= 15 is 0 Å². The fraction of sp³-hybridized carbons (Fsp3) is 0.278. The summed E-state index contributed by atoms with van der Waals surface area (Å²) in [5.74, 6) is 1.90. The van der Waals surface area contributed by atoms with Crippen LogP contribution in [0.1, 0.15) is 13.8 Å². The summed E-state index contributed by atoms with van der Waals surface area (Å²) < 4.78 is 8.08. The summed E-state index contributed by atoms with van der Waals surface area (Å²) in [6, 6.07) is 11.8. The van der Waals surface area contributed by atoms with E-state index in [1.165, 1.54) is 0 Å². The molecule has 0 saturated heterocycles. The summed E-state index contributed by atoms with van der Waals surface area (Å²) in [7, 11) is 1.54. The average molecular weight is 375 g/mol. The minimum atomic E-state index is 0.0998. The van der Waals surface area contributed by atoms with E-state index in [1.54, 1.807) is 7.11 Å². The van der Waals surface area contributed by atoms with Crippen LogP contribution in [0.2, 0.25) is 0 Å². The molecule has 23 heavy (non-hydrogen) atoms. The van der Waals surface area contributed by atoms with Crippen LogP contribution < -0.4 is 4.74 Å². The van der Waals surface area contributed by atoms with Crippen molar-refractivity contribution < 1.29 is 9.84 Å². The topological polar surface area (TPSA) is 47.3 Å². The second-order valence-corrected chi connectivity index (χ2v) is 6.79. The molecule has 0 amide bonds. The number of benzene rings is 2. The highest BCUT2D eigenvalue weighted by molar-refractivity contribution is 9.10. The number of hydrogen-bond donors (Lipinski definition) is 1. The highest BCUT2D eigenvalue weighted by Gasteiger charge is 2.17. The first-order chi connectivity index (χ1) is 11.0. The van der Waals surface area contributed by atoms with Crippen molar-refractivity contribution >= 4 is 27.0 Å². The third-order valence-corrected chi connectivity index (χ3v) is 4.31. The molecular formula is C18H19BrN2O2. The number of aromatic hydroxyl groups is 1. The number of ether oxygens (including phenoxy) is 1. The van der Waals surface area contributed by atoms with Crippen LogP contribution in [0.4, 0.5) is 0 Å². The summed E-state index contributed by atoms with van der Waals surface area (Å²) in [4.78, 5) is 4.79. The van der Waals surface area contributed by atoms with Crippen molar-refractivity contribution in [2.75, 3.05) is 7.11 Å². The number of hydrogen-bond acceptors (Lipinski definition) is 3. The lowest BCUT2D eigenvalue weighted by atomic mass is 10.1. The number of methoxy groups -OCH3 is 1. The monoisotopic (exact) mass is 374 g/mol. The van der Waals surface area contributed by atoms with Crippen LogP contribution >= 0.6 is 15.9 Å². The molecule has 0 saturated carbocycles. The van der Waals surface area contributed by atoms with Crippen molar-refractivity contribution in [3.63, 3.8) is 0 Å². The Balaban J connectivity index is 2.25. The fourth-order valence-electron chi connectivity index (χ4n) is 2.70. The minimum Gasteiger partial charge on any atom is -0.503 e. The molecule has 0 atom stereocenters. The van der Waals surface area contributed by atoms with E-state index in [4.69, 9.17) is 9.72 Å². The molecule has 1 heterocycles. The second kappa shape index (κ2) is 6.24. The van der Waals surface area contributed by atoms with Crippen molar-refractivity contribution in [3.05, 3.63) is 40.9 Å². The maximum absolute atomic E-state index is 10.0. The van der Waals surface area contributed by atoms with Gasteiger partial charge in [-0.1, -0.05) is 26.0 Å². The Bertz CT molecular complexity index is 856. The quantitative estimate of drug-likeness (QED) is 0.710. The van der Waals surface area contributed by atoms with Crippen molar-refractivity contribution in [1.82, 2.24) is 9.55 Å². The van der Waals surface area contributed by atoms with Gasteiger partial charge in [-0.05, 0) is 46.1 Å². The zero-order valence-electron chi connectivity index (χ0n) is 13.4. The summed E-state index contributed by atoms with van der Waals surface area (Å²) in [5, 5.41) is 10.0. The predicted octanol–water partition coefficient (Wildman–Crippen LogP) is 4.84. The highest BCUT2D eigenvalue weighted by atomic mass is 79.9. The first-order valence-electron chi connectivity index (χ1n) is 7.53. The maximum Gasteiger partial charge on any atom is 0.172 e. The zero-order valence-corrected chi connectivity index (χ0v) is 15.0.